The highest BCUT2D eigenvalue weighted by molar-refractivity contribution is 6.30. The number of hydrogen-bond acceptors (Lipinski definition) is 2. The largest absolute Gasteiger partial charge is 0.386 e. The van der Waals surface area contributed by atoms with Gasteiger partial charge in [0, 0.05) is 32.5 Å². The van der Waals surface area contributed by atoms with E-state index in [0.29, 0.717) is 29.6 Å². The zero-order valence-corrected chi connectivity index (χ0v) is 15.5. The summed E-state index contributed by atoms with van der Waals surface area (Å²) in [4.78, 5) is 6.46. The number of nitrogens with one attached hydrogen (secondary N) is 1. The number of aliphatic hydroxyl groups excluding tert-OH is 1. The van der Waals surface area contributed by atoms with Gasteiger partial charge >= 0.3 is 0 Å². The Kier molecular flexibility index (Phi) is 6.84. The Labute approximate surface area is 152 Å². The summed E-state index contributed by atoms with van der Waals surface area (Å²) in [6.45, 7) is 3.51. The van der Waals surface area contributed by atoms with E-state index >= 15 is 0 Å². The highest BCUT2D eigenvalue weighted by atomic mass is 35.5. The highest BCUT2D eigenvalue weighted by Crippen LogP contribution is 2.15. The number of nitrogens with zero attached hydrogens (tertiary/aromatic N) is 3. The lowest BCUT2D eigenvalue weighted by atomic mass is 10.1. The molecule has 0 aliphatic heterocycles. The number of hydrogen-bond donors (Lipinski definition) is 2. The zero-order chi connectivity index (χ0) is 18.4. The Morgan fingerprint density at radius 1 is 1.40 bits per heavy atom. The summed E-state index contributed by atoms with van der Waals surface area (Å²) in [5.41, 5.74) is 1.69. The smallest absolute Gasteiger partial charge is 0.194 e. The molecule has 25 heavy (non-hydrogen) atoms. The summed E-state index contributed by atoms with van der Waals surface area (Å²) in [5.74, 6) is 0.356. The first-order valence-electron chi connectivity index (χ1n) is 8.14. The molecule has 2 N–H and O–H groups in total. The molecule has 1 atom stereocenters. The number of aromatic nitrogens is 1. The van der Waals surface area contributed by atoms with Gasteiger partial charge in [-0.2, -0.15) is 0 Å². The van der Waals surface area contributed by atoms with E-state index in [1.54, 1.807) is 12.1 Å². The summed E-state index contributed by atoms with van der Waals surface area (Å²) < 4.78 is 14.9. The quantitative estimate of drug-likeness (QED) is 0.610. The van der Waals surface area contributed by atoms with Crippen LogP contribution in [0.1, 0.15) is 24.3 Å². The molecule has 0 aliphatic rings. The molecule has 1 heterocycles. The number of benzene rings is 1. The molecular formula is C18H24ClFN4O. The number of aliphatic imine (C=N–C) groups is 1. The van der Waals surface area contributed by atoms with Crippen molar-refractivity contribution < 1.29 is 9.50 Å². The van der Waals surface area contributed by atoms with Gasteiger partial charge in [-0.25, -0.2) is 4.39 Å². The Bertz CT molecular complexity index is 714. The van der Waals surface area contributed by atoms with Gasteiger partial charge in [-0.3, -0.25) is 4.99 Å². The van der Waals surface area contributed by atoms with E-state index in [4.69, 9.17) is 11.6 Å². The Hall–Kier alpha value is -2.05. The van der Waals surface area contributed by atoms with Crippen molar-refractivity contribution in [3.8, 4) is 0 Å². The molecule has 0 aliphatic carbocycles. The van der Waals surface area contributed by atoms with Gasteiger partial charge in [0.05, 0.1) is 24.2 Å². The molecule has 0 saturated carbocycles. The van der Waals surface area contributed by atoms with Gasteiger partial charge in [0.2, 0.25) is 0 Å². The Morgan fingerprint density at radius 2 is 2.08 bits per heavy atom. The second kappa shape index (κ2) is 8.87. The van der Waals surface area contributed by atoms with E-state index in [1.807, 2.05) is 42.7 Å². The number of halogens is 2. The highest BCUT2D eigenvalue weighted by Gasteiger charge is 2.12. The minimum atomic E-state index is -0.785. The van der Waals surface area contributed by atoms with Crippen LogP contribution >= 0.6 is 11.6 Å². The first-order chi connectivity index (χ1) is 11.9. The summed E-state index contributed by atoms with van der Waals surface area (Å²) in [6, 6.07) is 7.71. The first-order valence-corrected chi connectivity index (χ1v) is 8.52. The molecule has 0 spiro atoms. The third-order valence-electron chi connectivity index (χ3n) is 3.84. The van der Waals surface area contributed by atoms with Crippen molar-refractivity contribution in [1.29, 1.82) is 0 Å². The number of guanidine groups is 1. The van der Waals surface area contributed by atoms with Gasteiger partial charge in [0.25, 0.3) is 0 Å². The molecule has 2 rings (SSSR count). The van der Waals surface area contributed by atoms with Crippen molar-refractivity contribution in [2.75, 3.05) is 20.1 Å². The molecule has 0 fully saturated rings. The second-order valence-corrected chi connectivity index (χ2v) is 6.32. The number of aryl methyl sites for hydroxylation is 1. The van der Waals surface area contributed by atoms with Gasteiger partial charge in [-0.1, -0.05) is 23.7 Å². The van der Waals surface area contributed by atoms with E-state index in [-0.39, 0.29) is 12.4 Å². The average molecular weight is 367 g/mol. The molecule has 1 aromatic heterocycles. The topological polar surface area (TPSA) is 52.8 Å². The fraction of sp³-hybridized carbons (Fsp3) is 0.389. The molecule has 2 aromatic rings. The van der Waals surface area contributed by atoms with E-state index in [1.165, 1.54) is 12.1 Å². The Morgan fingerprint density at radius 3 is 2.64 bits per heavy atom. The summed E-state index contributed by atoms with van der Waals surface area (Å²) >= 11 is 6.03. The van der Waals surface area contributed by atoms with E-state index in [9.17, 15) is 9.50 Å². The molecule has 1 unspecified atom stereocenters. The normalized spacial score (nSPS) is 13.0. The summed E-state index contributed by atoms with van der Waals surface area (Å²) in [6.07, 6.45) is 1.07. The molecular weight excluding hydrogens is 343 g/mol. The van der Waals surface area contributed by atoms with Crippen molar-refractivity contribution in [3.63, 3.8) is 0 Å². The van der Waals surface area contributed by atoms with Crippen molar-refractivity contribution in [3.05, 3.63) is 58.6 Å². The number of aliphatic hydroxyl groups is 1. The summed E-state index contributed by atoms with van der Waals surface area (Å²) in [7, 11) is 3.87. The van der Waals surface area contributed by atoms with Crippen LogP contribution in [0.5, 0.6) is 0 Å². The third kappa shape index (κ3) is 5.47. The molecule has 0 saturated heterocycles. The average Bonchev–Trinajstić information content (AvgIpc) is 2.89. The lowest BCUT2D eigenvalue weighted by molar-refractivity contribution is 0.186. The lowest BCUT2D eigenvalue weighted by Gasteiger charge is -2.23. The third-order valence-corrected chi connectivity index (χ3v) is 4.05. The maximum atomic E-state index is 13.0. The zero-order valence-electron chi connectivity index (χ0n) is 14.7. The van der Waals surface area contributed by atoms with E-state index < -0.39 is 6.10 Å². The van der Waals surface area contributed by atoms with Gasteiger partial charge in [0.1, 0.15) is 5.82 Å². The van der Waals surface area contributed by atoms with Gasteiger partial charge in [-0.15, -0.1) is 0 Å². The van der Waals surface area contributed by atoms with Crippen LogP contribution < -0.4 is 5.32 Å². The molecule has 7 heteroatoms. The monoisotopic (exact) mass is 366 g/mol. The molecule has 5 nitrogen and oxygen atoms in total. The molecule has 0 bridgehead atoms. The number of rotatable bonds is 6. The van der Waals surface area contributed by atoms with Gasteiger partial charge < -0.3 is 19.9 Å². The maximum absolute atomic E-state index is 13.0. The fourth-order valence-corrected chi connectivity index (χ4v) is 2.75. The fourth-order valence-electron chi connectivity index (χ4n) is 2.47. The second-order valence-electron chi connectivity index (χ2n) is 5.88. The minimum Gasteiger partial charge on any atom is -0.386 e. The maximum Gasteiger partial charge on any atom is 0.194 e. The van der Waals surface area contributed by atoms with Crippen molar-refractivity contribution in [2.45, 2.75) is 19.6 Å². The van der Waals surface area contributed by atoms with Crippen LogP contribution in [0.25, 0.3) is 0 Å². The van der Waals surface area contributed by atoms with Crippen LogP contribution in [-0.2, 0) is 13.6 Å². The van der Waals surface area contributed by atoms with Crippen molar-refractivity contribution >= 4 is 17.6 Å². The van der Waals surface area contributed by atoms with Crippen LogP contribution in [0.15, 0.2) is 41.5 Å². The van der Waals surface area contributed by atoms with Crippen molar-refractivity contribution in [2.24, 2.45) is 12.0 Å². The van der Waals surface area contributed by atoms with Gasteiger partial charge in [0.15, 0.2) is 5.96 Å². The van der Waals surface area contributed by atoms with Crippen LogP contribution in [0.3, 0.4) is 0 Å². The predicted molar refractivity (Wildman–Crippen MR) is 99.2 cm³/mol. The predicted octanol–water partition coefficient (Wildman–Crippen LogP) is 2.95. The standard InChI is InChI=1S/C18H24ClFN4O/c1-4-21-18(24(3)12-16-9-14(19)11-23(16)2)22-10-17(25)13-5-7-15(20)8-6-13/h5-9,11,17,25H,4,10,12H2,1-3H3,(H,21,22). The van der Waals surface area contributed by atoms with E-state index in [2.05, 4.69) is 10.3 Å². The van der Waals surface area contributed by atoms with Crippen LogP contribution in [-0.4, -0.2) is 40.7 Å². The Balaban J connectivity index is 2.06. The lowest BCUT2D eigenvalue weighted by Crippen LogP contribution is -2.39. The van der Waals surface area contributed by atoms with Crippen molar-refractivity contribution in [1.82, 2.24) is 14.8 Å². The minimum absolute atomic E-state index is 0.187. The van der Waals surface area contributed by atoms with Crippen LogP contribution in [0.2, 0.25) is 5.02 Å². The molecule has 136 valence electrons. The van der Waals surface area contributed by atoms with E-state index in [0.717, 1.165) is 5.69 Å². The molecule has 0 radical (unpaired) electrons. The molecule has 1 aromatic carbocycles. The van der Waals surface area contributed by atoms with Gasteiger partial charge in [-0.05, 0) is 30.7 Å². The molecule has 0 amide bonds. The van der Waals surface area contributed by atoms with Crippen LogP contribution in [0, 0.1) is 5.82 Å². The van der Waals surface area contributed by atoms with Crippen LogP contribution in [0.4, 0.5) is 4.39 Å². The first kappa shape index (κ1) is 19.3. The SMILES string of the molecule is CCNC(=NCC(O)c1ccc(F)cc1)N(C)Cc1cc(Cl)cn1C. The summed E-state index contributed by atoms with van der Waals surface area (Å²) in [5, 5.41) is 14.2.